The van der Waals surface area contributed by atoms with Gasteiger partial charge in [-0.2, -0.15) is 13.2 Å². The highest BCUT2D eigenvalue weighted by Crippen LogP contribution is 2.34. The van der Waals surface area contributed by atoms with Crippen molar-refractivity contribution in [2.75, 3.05) is 19.0 Å². The lowest BCUT2D eigenvalue weighted by atomic mass is 10.1. The van der Waals surface area contributed by atoms with Gasteiger partial charge in [-0.05, 0) is 36.2 Å². The second-order valence-corrected chi connectivity index (χ2v) is 4.57. The molecule has 2 aromatic carbocycles. The monoisotopic (exact) mass is 295 g/mol. The number of alkyl halides is 3. The Kier molecular flexibility index (Phi) is 4.73. The number of hydrogen-bond donors (Lipinski definition) is 1. The maximum atomic E-state index is 12.8. The molecule has 0 atom stereocenters. The first-order valence-electron chi connectivity index (χ1n) is 6.54. The van der Waals surface area contributed by atoms with Gasteiger partial charge in [0, 0.05) is 12.2 Å². The van der Waals surface area contributed by atoms with Crippen molar-refractivity contribution in [1.29, 1.82) is 0 Å². The fraction of sp³-hybridized carbons (Fsp3) is 0.250. The molecule has 112 valence electrons. The largest absolute Gasteiger partial charge is 0.497 e. The van der Waals surface area contributed by atoms with E-state index in [9.17, 15) is 13.2 Å². The maximum Gasteiger partial charge on any atom is 0.418 e. The van der Waals surface area contributed by atoms with Crippen LogP contribution in [-0.4, -0.2) is 13.7 Å². The number of hydrogen-bond acceptors (Lipinski definition) is 2. The summed E-state index contributed by atoms with van der Waals surface area (Å²) in [7, 11) is 1.58. The van der Waals surface area contributed by atoms with Gasteiger partial charge in [-0.25, -0.2) is 0 Å². The van der Waals surface area contributed by atoms with Crippen LogP contribution in [0.3, 0.4) is 0 Å². The third-order valence-electron chi connectivity index (χ3n) is 3.10. The lowest BCUT2D eigenvalue weighted by molar-refractivity contribution is -0.136. The van der Waals surface area contributed by atoms with Gasteiger partial charge >= 0.3 is 6.18 Å². The smallest absolute Gasteiger partial charge is 0.418 e. The van der Waals surface area contributed by atoms with E-state index in [1.165, 1.54) is 12.1 Å². The van der Waals surface area contributed by atoms with E-state index < -0.39 is 11.7 Å². The Hall–Kier alpha value is -2.17. The first kappa shape index (κ1) is 15.2. The number of halogens is 3. The SMILES string of the molecule is COc1cccc(CCNc2ccccc2C(F)(F)F)c1. The second-order valence-electron chi connectivity index (χ2n) is 4.57. The lowest BCUT2D eigenvalue weighted by Crippen LogP contribution is -2.12. The highest BCUT2D eigenvalue weighted by atomic mass is 19.4. The molecule has 2 rings (SSSR count). The minimum absolute atomic E-state index is 0.105. The van der Waals surface area contributed by atoms with Gasteiger partial charge in [0.1, 0.15) is 5.75 Å². The summed E-state index contributed by atoms with van der Waals surface area (Å²) in [4.78, 5) is 0. The van der Waals surface area contributed by atoms with Crippen LogP contribution >= 0.6 is 0 Å². The van der Waals surface area contributed by atoms with Gasteiger partial charge in [0.2, 0.25) is 0 Å². The van der Waals surface area contributed by atoms with Gasteiger partial charge < -0.3 is 10.1 Å². The van der Waals surface area contributed by atoms with E-state index in [2.05, 4.69) is 5.32 Å². The average Bonchev–Trinajstić information content (AvgIpc) is 2.47. The van der Waals surface area contributed by atoms with Crippen molar-refractivity contribution in [3.63, 3.8) is 0 Å². The fourth-order valence-corrected chi connectivity index (χ4v) is 2.05. The molecule has 2 aromatic rings. The first-order chi connectivity index (χ1) is 10.0. The summed E-state index contributed by atoms with van der Waals surface area (Å²) in [6, 6.07) is 13.0. The number of ether oxygens (including phenoxy) is 1. The van der Waals surface area contributed by atoms with Crippen LogP contribution in [0.2, 0.25) is 0 Å². The molecule has 0 aliphatic carbocycles. The van der Waals surface area contributed by atoms with Crippen molar-refractivity contribution in [1.82, 2.24) is 0 Å². The van der Waals surface area contributed by atoms with Crippen LogP contribution in [-0.2, 0) is 12.6 Å². The van der Waals surface area contributed by atoms with E-state index in [0.29, 0.717) is 13.0 Å². The zero-order chi connectivity index (χ0) is 15.3. The second kappa shape index (κ2) is 6.52. The first-order valence-corrected chi connectivity index (χ1v) is 6.54. The molecule has 0 aliphatic heterocycles. The Labute approximate surface area is 121 Å². The van der Waals surface area contributed by atoms with Gasteiger partial charge in [0.05, 0.1) is 12.7 Å². The molecule has 0 saturated carbocycles. The number of anilines is 1. The Morgan fingerprint density at radius 3 is 2.52 bits per heavy atom. The van der Waals surface area contributed by atoms with E-state index in [1.54, 1.807) is 13.2 Å². The number of benzene rings is 2. The van der Waals surface area contributed by atoms with Gasteiger partial charge in [-0.15, -0.1) is 0 Å². The molecule has 0 bridgehead atoms. The molecule has 2 nitrogen and oxygen atoms in total. The summed E-state index contributed by atoms with van der Waals surface area (Å²) in [5, 5.41) is 2.84. The standard InChI is InChI=1S/C16H16F3NO/c1-21-13-6-4-5-12(11-13)9-10-20-15-8-3-2-7-14(15)16(17,18)19/h2-8,11,20H,9-10H2,1H3. The third-order valence-corrected chi connectivity index (χ3v) is 3.10. The molecular weight excluding hydrogens is 279 g/mol. The molecule has 0 fully saturated rings. The molecule has 0 heterocycles. The van der Waals surface area contributed by atoms with Crippen LogP contribution in [0.15, 0.2) is 48.5 Å². The molecular formula is C16H16F3NO. The Morgan fingerprint density at radius 2 is 1.81 bits per heavy atom. The molecule has 0 spiro atoms. The van der Waals surface area contributed by atoms with Crippen LogP contribution in [0.5, 0.6) is 5.75 Å². The van der Waals surface area contributed by atoms with Crippen molar-refractivity contribution < 1.29 is 17.9 Å². The molecule has 0 amide bonds. The van der Waals surface area contributed by atoms with Crippen molar-refractivity contribution in [3.8, 4) is 5.75 Å². The van der Waals surface area contributed by atoms with E-state index in [4.69, 9.17) is 4.74 Å². The molecule has 5 heteroatoms. The van der Waals surface area contributed by atoms with E-state index in [-0.39, 0.29) is 5.69 Å². The van der Waals surface area contributed by atoms with Crippen molar-refractivity contribution in [3.05, 3.63) is 59.7 Å². The highest BCUT2D eigenvalue weighted by Gasteiger charge is 2.32. The normalized spacial score (nSPS) is 11.2. The molecule has 0 radical (unpaired) electrons. The third kappa shape index (κ3) is 4.15. The highest BCUT2D eigenvalue weighted by molar-refractivity contribution is 5.52. The van der Waals surface area contributed by atoms with Gasteiger partial charge in [-0.1, -0.05) is 24.3 Å². The zero-order valence-corrected chi connectivity index (χ0v) is 11.6. The van der Waals surface area contributed by atoms with Crippen LogP contribution in [0, 0.1) is 0 Å². The maximum absolute atomic E-state index is 12.8. The molecule has 0 unspecified atom stereocenters. The Morgan fingerprint density at radius 1 is 1.05 bits per heavy atom. The molecule has 0 aliphatic rings. The predicted molar refractivity (Wildman–Crippen MR) is 76.6 cm³/mol. The van der Waals surface area contributed by atoms with E-state index in [0.717, 1.165) is 17.4 Å². The number of para-hydroxylation sites is 1. The van der Waals surface area contributed by atoms with Crippen LogP contribution in [0.25, 0.3) is 0 Å². The molecule has 21 heavy (non-hydrogen) atoms. The van der Waals surface area contributed by atoms with Crippen LogP contribution in [0.4, 0.5) is 18.9 Å². The summed E-state index contributed by atoms with van der Waals surface area (Å²) in [5.41, 5.74) is 0.467. The number of nitrogens with one attached hydrogen (secondary N) is 1. The number of rotatable bonds is 5. The number of methoxy groups -OCH3 is 1. The minimum atomic E-state index is -4.35. The Bertz CT molecular complexity index is 596. The average molecular weight is 295 g/mol. The van der Waals surface area contributed by atoms with Crippen LogP contribution in [0.1, 0.15) is 11.1 Å². The van der Waals surface area contributed by atoms with Crippen LogP contribution < -0.4 is 10.1 Å². The zero-order valence-electron chi connectivity index (χ0n) is 11.6. The van der Waals surface area contributed by atoms with E-state index >= 15 is 0 Å². The molecule has 0 aromatic heterocycles. The molecule has 0 saturated heterocycles. The predicted octanol–water partition coefficient (Wildman–Crippen LogP) is 4.37. The van der Waals surface area contributed by atoms with Crippen molar-refractivity contribution >= 4 is 5.69 Å². The summed E-state index contributed by atoms with van der Waals surface area (Å²) in [6.45, 7) is 0.417. The summed E-state index contributed by atoms with van der Waals surface area (Å²) >= 11 is 0. The van der Waals surface area contributed by atoms with Gasteiger partial charge in [0.25, 0.3) is 0 Å². The lowest BCUT2D eigenvalue weighted by Gasteiger charge is -2.14. The van der Waals surface area contributed by atoms with Gasteiger partial charge in [0.15, 0.2) is 0 Å². The quantitative estimate of drug-likeness (QED) is 0.884. The summed E-state index contributed by atoms with van der Waals surface area (Å²) in [6.07, 6.45) is -3.73. The van der Waals surface area contributed by atoms with E-state index in [1.807, 2.05) is 24.3 Å². The summed E-state index contributed by atoms with van der Waals surface area (Å²) in [5.74, 6) is 0.739. The topological polar surface area (TPSA) is 21.3 Å². The minimum Gasteiger partial charge on any atom is -0.497 e. The molecule has 1 N–H and O–H groups in total. The fourth-order valence-electron chi connectivity index (χ4n) is 2.05. The van der Waals surface area contributed by atoms with Crippen molar-refractivity contribution in [2.45, 2.75) is 12.6 Å². The van der Waals surface area contributed by atoms with Crippen molar-refractivity contribution in [2.24, 2.45) is 0 Å². The Balaban J connectivity index is 2.01. The van der Waals surface area contributed by atoms with Gasteiger partial charge in [-0.3, -0.25) is 0 Å². The summed E-state index contributed by atoms with van der Waals surface area (Å²) < 4.78 is 43.6.